The van der Waals surface area contributed by atoms with Crippen LogP contribution in [0.4, 0.5) is 0 Å². The van der Waals surface area contributed by atoms with Crippen molar-refractivity contribution in [3.63, 3.8) is 0 Å². The maximum Gasteiger partial charge on any atom is 0.164 e. The number of rotatable bonds is 6. The number of fused-ring (bicyclic) bond motifs is 6. The van der Waals surface area contributed by atoms with Gasteiger partial charge in [0.1, 0.15) is 11.2 Å². The number of aromatic nitrogens is 4. The van der Waals surface area contributed by atoms with E-state index in [1.807, 2.05) is 48.5 Å². The SMILES string of the molecule is c1ccc(-c2cccc(-c3nc(-c4ccccc4)nc(-c4cccc5oc6ccc(-c7ccc8c(c7)c7ccccc7n8-c7ccccc7)cc6c45)n3)c2)cc1. The first-order chi connectivity index (χ1) is 27.7. The largest absolute Gasteiger partial charge is 0.456 e. The summed E-state index contributed by atoms with van der Waals surface area (Å²) in [6.45, 7) is 0. The number of nitrogens with zero attached hydrogens (tertiary/aromatic N) is 4. The number of para-hydroxylation sites is 2. The van der Waals surface area contributed by atoms with E-state index >= 15 is 0 Å². The summed E-state index contributed by atoms with van der Waals surface area (Å²) in [6.07, 6.45) is 0. The zero-order valence-electron chi connectivity index (χ0n) is 30.2. The number of hydrogen-bond donors (Lipinski definition) is 0. The van der Waals surface area contributed by atoms with Crippen molar-refractivity contribution in [2.75, 3.05) is 0 Å². The molecule has 0 fully saturated rings. The Labute approximate surface area is 322 Å². The molecule has 0 saturated heterocycles. The molecular formula is C51H32N4O. The fourth-order valence-electron chi connectivity index (χ4n) is 8.01. The summed E-state index contributed by atoms with van der Waals surface area (Å²) in [5.41, 5.74) is 12.3. The van der Waals surface area contributed by atoms with Gasteiger partial charge in [-0.1, -0.05) is 140 Å². The minimum absolute atomic E-state index is 0.591. The van der Waals surface area contributed by atoms with E-state index in [0.29, 0.717) is 17.5 Å². The van der Waals surface area contributed by atoms with E-state index in [-0.39, 0.29) is 0 Å². The summed E-state index contributed by atoms with van der Waals surface area (Å²) >= 11 is 0. The summed E-state index contributed by atoms with van der Waals surface area (Å²) in [5, 5.41) is 4.41. The summed E-state index contributed by atoms with van der Waals surface area (Å²) in [5.74, 6) is 1.82. The van der Waals surface area contributed by atoms with Crippen molar-refractivity contribution in [1.29, 1.82) is 0 Å². The van der Waals surface area contributed by atoms with Crippen molar-refractivity contribution in [3.05, 3.63) is 194 Å². The highest BCUT2D eigenvalue weighted by Crippen LogP contribution is 2.40. The Morgan fingerprint density at radius 2 is 0.911 bits per heavy atom. The third kappa shape index (κ3) is 5.37. The van der Waals surface area contributed by atoms with E-state index < -0.39 is 0 Å². The molecule has 0 aliphatic carbocycles. The molecule has 0 N–H and O–H groups in total. The van der Waals surface area contributed by atoms with Gasteiger partial charge in [-0.05, 0) is 76.9 Å². The van der Waals surface area contributed by atoms with Gasteiger partial charge in [-0.2, -0.15) is 0 Å². The fourth-order valence-corrected chi connectivity index (χ4v) is 8.01. The lowest BCUT2D eigenvalue weighted by Gasteiger charge is -2.10. The van der Waals surface area contributed by atoms with Crippen LogP contribution in [0.1, 0.15) is 0 Å². The maximum absolute atomic E-state index is 6.51. The topological polar surface area (TPSA) is 56.7 Å². The first kappa shape index (κ1) is 31.9. The Hall–Kier alpha value is -7.63. The Bertz CT molecular complexity index is 3240. The molecule has 3 heterocycles. The van der Waals surface area contributed by atoms with Crippen LogP contribution in [0.5, 0.6) is 0 Å². The number of benzene rings is 8. The molecule has 56 heavy (non-hydrogen) atoms. The van der Waals surface area contributed by atoms with E-state index in [1.165, 1.54) is 21.8 Å². The molecule has 8 aromatic carbocycles. The zero-order chi connectivity index (χ0) is 37.0. The van der Waals surface area contributed by atoms with Gasteiger partial charge < -0.3 is 8.98 Å². The Morgan fingerprint density at radius 3 is 1.71 bits per heavy atom. The second-order valence-electron chi connectivity index (χ2n) is 14.0. The first-order valence-corrected chi connectivity index (χ1v) is 18.8. The molecule has 5 heteroatoms. The Balaban J connectivity index is 1.08. The lowest BCUT2D eigenvalue weighted by atomic mass is 9.99. The van der Waals surface area contributed by atoms with Crippen LogP contribution in [-0.4, -0.2) is 19.5 Å². The molecule has 11 rings (SSSR count). The van der Waals surface area contributed by atoms with E-state index in [9.17, 15) is 0 Å². The highest BCUT2D eigenvalue weighted by Gasteiger charge is 2.19. The molecule has 0 amide bonds. The maximum atomic E-state index is 6.51. The van der Waals surface area contributed by atoms with Crippen molar-refractivity contribution in [2.24, 2.45) is 0 Å². The Kier molecular flexibility index (Phi) is 7.42. The van der Waals surface area contributed by atoms with Gasteiger partial charge in [-0.3, -0.25) is 0 Å². The van der Waals surface area contributed by atoms with Gasteiger partial charge in [0.15, 0.2) is 17.5 Å². The van der Waals surface area contributed by atoms with Crippen LogP contribution in [0.25, 0.3) is 106 Å². The fraction of sp³-hybridized carbons (Fsp3) is 0. The van der Waals surface area contributed by atoms with Crippen molar-refractivity contribution < 1.29 is 4.42 Å². The predicted molar refractivity (Wildman–Crippen MR) is 229 cm³/mol. The molecule has 262 valence electrons. The average Bonchev–Trinajstić information content (AvgIpc) is 3.82. The minimum Gasteiger partial charge on any atom is -0.456 e. The molecule has 0 atom stereocenters. The first-order valence-electron chi connectivity index (χ1n) is 18.8. The van der Waals surface area contributed by atoms with Gasteiger partial charge in [0.05, 0.1) is 11.0 Å². The molecule has 0 aliphatic rings. The molecular weight excluding hydrogens is 685 g/mol. The summed E-state index contributed by atoms with van der Waals surface area (Å²) < 4.78 is 8.85. The summed E-state index contributed by atoms with van der Waals surface area (Å²) in [7, 11) is 0. The van der Waals surface area contributed by atoms with Crippen LogP contribution in [0.15, 0.2) is 199 Å². The van der Waals surface area contributed by atoms with Crippen molar-refractivity contribution in [2.45, 2.75) is 0 Å². The molecule has 3 aromatic heterocycles. The second-order valence-corrected chi connectivity index (χ2v) is 14.0. The Morgan fingerprint density at radius 1 is 0.339 bits per heavy atom. The normalized spacial score (nSPS) is 11.6. The van der Waals surface area contributed by atoms with Crippen molar-refractivity contribution in [1.82, 2.24) is 19.5 Å². The number of furan rings is 1. The molecule has 0 unspecified atom stereocenters. The van der Waals surface area contributed by atoms with Gasteiger partial charge in [-0.15, -0.1) is 0 Å². The lowest BCUT2D eigenvalue weighted by Crippen LogP contribution is -2.00. The van der Waals surface area contributed by atoms with E-state index in [4.69, 9.17) is 19.4 Å². The van der Waals surface area contributed by atoms with Gasteiger partial charge in [0.25, 0.3) is 0 Å². The quantitative estimate of drug-likeness (QED) is 0.172. The third-order valence-corrected chi connectivity index (χ3v) is 10.7. The highest BCUT2D eigenvalue weighted by atomic mass is 16.3. The standard InChI is InChI=1S/C51H32N4O/c1-4-14-33(15-5-1)35-18-12-19-38(30-35)50-52-49(34-16-6-2-7-17-34)53-51(54-50)41-23-13-25-47-48(41)43-32-37(27-29-46(43)56-47)36-26-28-45-42(31-36)40-22-10-11-24-44(40)55(45)39-20-8-3-9-21-39/h1-32H. The average molecular weight is 717 g/mol. The monoisotopic (exact) mass is 716 g/mol. The van der Waals surface area contributed by atoms with Crippen LogP contribution in [0.3, 0.4) is 0 Å². The van der Waals surface area contributed by atoms with Gasteiger partial charge in [0.2, 0.25) is 0 Å². The molecule has 0 saturated carbocycles. The van der Waals surface area contributed by atoms with Crippen LogP contribution in [-0.2, 0) is 0 Å². The minimum atomic E-state index is 0.591. The third-order valence-electron chi connectivity index (χ3n) is 10.7. The molecule has 0 bridgehead atoms. The van der Waals surface area contributed by atoms with Crippen LogP contribution < -0.4 is 0 Å². The summed E-state index contributed by atoms with van der Waals surface area (Å²) in [6, 6.07) is 67.4. The van der Waals surface area contributed by atoms with Crippen LogP contribution >= 0.6 is 0 Å². The molecule has 5 nitrogen and oxygen atoms in total. The van der Waals surface area contributed by atoms with E-state index in [1.54, 1.807) is 0 Å². The van der Waals surface area contributed by atoms with E-state index in [2.05, 4.69) is 150 Å². The number of hydrogen-bond acceptors (Lipinski definition) is 4. The van der Waals surface area contributed by atoms with Gasteiger partial charge >= 0.3 is 0 Å². The molecule has 11 aromatic rings. The smallest absolute Gasteiger partial charge is 0.164 e. The van der Waals surface area contributed by atoms with Crippen molar-refractivity contribution in [3.8, 4) is 62.1 Å². The highest BCUT2D eigenvalue weighted by molar-refractivity contribution is 6.14. The van der Waals surface area contributed by atoms with Crippen molar-refractivity contribution >= 4 is 43.7 Å². The molecule has 0 aliphatic heterocycles. The predicted octanol–water partition coefficient (Wildman–Crippen LogP) is 13.2. The van der Waals surface area contributed by atoms with Gasteiger partial charge in [0, 0.05) is 43.9 Å². The zero-order valence-corrected chi connectivity index (χ0v) is 30.2. The summed E-state index contributed by atoms with van der Waals surface area (Å²) in [4.78, 5) is 15.3. The second kappa shape index (κ2) is 13.0. The van der Waals surface area contributed by atoms with Crippen LogP contribution in [0.2, 0.25) is 0 Å². The molecule has 0 radical (unpaired) electrons. The molecule has 0 spiro atoms. The lowest BCUT2D eigenvalue weighted by molar-refractivity contribution is 0.669. The van der Waals surface area contributed by atoms with E-state index in [0.717, 1.165) is 66.6 Å². The van der Waals surface area contributed by atoms with Gasteiger partial charge in [-0.25, -0.2) is 15.0 Å². The van der Waals surface area contributed by atoms with Crippen LogP contribution in [0, 0.1) is 0 Å².